The monoisotopic (exact) mass is 481 g/mol. The van der Waals surface area contributed by atoms with E-state index in [1.54, 1.807) is 13.1 Å². The highest BCUT2D eigenvalue weighted by Crippen LogP contribution is 2.40. The molecular weight excluding hydrogens is 454 g/mol. The molecule has 9 heteroatoms. The number of carbonyl (C=O) groups is 2. The van der Waals surface area contributed by atoms with Crippen molar-refractivity contribution < 1.29 is 23.8 Å². The molecule has 0 fully saturated rings. The second kappa shape index (κ2) is 10.8. The van der Waals surface area contributed by atoms with Gasteiger partial charge in [0.1, 0.15) is 23.4 Å². The Morgan fingerprint density at radius 3 is 2.79 bits per heavy atom. The number of amides is 1. The number of pyridine rings is 1. The van der Waals surface area contributed by atoms with Gasteiger partial charge in [0.05, 0.1) is 23.7 Å². The number of anilines is 1. The molecule has 178 valence electrons. The van der Waals surface area contributed by atoms with E-state index in [9.17, 15) is 9.59 Å². The fourth-order valence-corrected chi connectivity index (χ4v) is 4.56. The number of hydrogen-bond acceptors (Lipinski definition) is 8. The molecule has 1 aliphatic rings. The summed E-state index contributed by atoms with van der Waals surface area (Å²) in [5.74, 6) is -0.214. The molecule has 1 amide bonds. The van der Waals surface area contributed by atoms with Gasteiger partial charge in [-0.05, 0) is 50.6 Å². The molecule has 0 N–H and O–H groups in total. The molecule has 3 aromatic rings. The maximum absolute atomic E-state index is 13.2. The number of rotatable bonds is 9. The fourth-order valence-electron chi connectivity index (χ4n) is 3.75. The molecular formula is C25H27N3O5S. The zero-order chi connectivity index (χ0) is 24.1. The van der Waals surface area contributed by atoms with Crippen LogP contribution in [0.15, 0.2) is 48.0 Å². The Morgan fingerprint density at radius 2 is 2.06 bits per heavy atom. The Balaban J connectivity index is 1.65. The number of thiazole rings is 1. The minimum Gasteiger partial charge on any atom is -0.479 e. The molecule has 0 bridgehead atoms. The van der Waals surface area contributed by atoms with Crippen LogP contribution in [0.4, 0.5) is 5.69 Å². The number of ether oxygens (including phenoxy) is 3. The summed E-state index contributed by atoms with van der Waals surface area (Å²) in [5.41, 5.74) is 2.90. The van der Waals surface area contributed by atoms with E-state index in [1.165, 1.54) is 16.2 Å². The average molecular weight is 482 g/mol. The van der Waals surface area contributed by atoms with E-state index in [2.05, 4.69) is 4.98 Å². The topological polar surface area (TPSA) is 90.9 Å². The van der Waals surface area contributed by atoms with Crippen LogP contribution in [-0.2, 0) is 19.1 Å². The van der Waals surface area contributed by atoms with Gasteiger partial charge in [-0.1, -0.05) is 13.0 Å². The molecule has 2 atom stereocenters. The first kappa shape index (κ1) is 23.8. The number of benzene rings is 1. The maximum atomic E-state index is 13.2. The average Bonchev–Trinajstić information content (AvgIpc) is 3.35. The minimum absolute atomic E-state index is 0.138. The number of esters is 1. The van der Waals surface area contributed by atoms with Crippen molar-refractivity contribution in [2.24, 2.45) is 0 Å². The van der Waals surface area contributed by atoms with E-state index in [0.717, 1.165) is 22.0 Å². The number of hydrogen-bond donors (Lipinski definition) is 0. The number of fused-ring (bicyclic) bond motifs is 1. The first-order valence-corrected chi connectivity index (χ1v) is 12.2. The maximum Gasteiger partial charge on any atom is 0.329 e. The highest BCUT2D eigenvalue weighted by atomic mass is 32.1. The summed E-state index contributed by atoms with van der Waals surface area (Å²) >= 11 is 1.49. The second-order valence-electron chi connectivity index (χ2n) is 7.69. The van der Waals surface area contributed by atoms with Crippen LogP contribution in [0.3, 0.4) is 0 Å². The standard InChI is InChI=1S/C25H27N3O5S/c1-4-20(25(30)32-13-12-31-5-2)28-21-14-17(9-10-22(21)33-16(3)24(28)29)19-15-34-23(27-19)18-8-6-7-11-26-18/h6-11,14-16,20H,4-5,12-13H2,1-3H3. The molecule has 3 heterocycles. The lowest BCUT2D eigenvalue weighted by Gasteiger charge is -2.37. The third-order valence-corrected chi connectivity index (χ3v) is 6.30. The van der Waals surface area contributed by atoms with Gasteiger partial charge >= 0.3 is 5.97 Å². The molecule has 34 heavy (non-hydrogen) atoms. The summed E-state index contributed by atoms with van der Waals surface area (Å²) in [6.45, 7) is 6.40. The van der Waals surface area contributed by atoms with Crippen LogP contribution in [0.2, 0.25) is 0 Å². The van der Waals surface area contributed by atoms with E-state index in [4.69, 9.17) is 19.2 Å². The molecule has 0 saturated heterocycles. The summed E-state index contributed by atoms with van der Waals surface area (Å²) in [6.07, 6.45) is 1.42. The summed E-state index contributed by atoms with van der Waals surface area (Å²) in [6, 6.07) is 10.5. The highest BCUT2D eigenvalue weighted by Gasteiger charge is 2.39. The zero-order valence-electron chi connectivity index (χ0n) is 19.4. The number of nitrogens with zero attached hydrogens (tertiary/aromatic N) is 3. The van der Waals surface area contributed by atoms with Crippen molar-refractivity contribution in [3.05, 3.63) is 48.0 Å². The van der Waals surface area contributed by atoms with Crippen molar-refractivity contribution in [3.63, 3.8) is 0 Å². The zero-order valence-corrected chi connectivity index (χ0v) is 20.2. The lowest BCUT2D eigenvalue weighted by molar-refractivity contribution is -0.148. The predicted octanol–water partition coefficient (Wildman–Crippen LogP) is 4.34. The predicted molar refractivity (Wildman–Crippen MR) is 130 cm³/mol. The summed E-state index contributed by atoms with van der Waals surface area (Å²) < 4.78 is 16.5. The van der Waals surface area contributed by atoms with Crippen LogP contribution in [0, 0.1) is 0 Å². The summed E-state index contributed by atoms with van der Waals surface area (Å²) in [5, 5.41) is 2.75. The van der Waals surface area contributed by atoms with Gasteiger partial charge in [0.2, 0.25) is 0 Å². The number of aromatic nitrogens is 2. The Kier molecular flexibility index (Phi) is 7.54. The van der Waals surface area contributed by atoms with Crippen molar-refractivity contribution in [1.82, 2.24) is 9.97 Å². The lowest BCUT2D eigenvalue weighted by atomic mass is 10.0. The molecule has 2 aromatic heterocycles. The lowest BCUT2D eigenvalue weighted by Crippen LogP contribution is -2.53. The Morgan fingerprint density at radius 1 is 1.21 bits per heavy atom. The quantitative estimate of drug-likeness (QED) is 0.332. The van der Waals surface area contributed by atoms with Gasteiger partial charge in [0.25, 0.3) is 5.91 Å². The molecule has 0 spiro atoms. The van der Waals surface area contributed by atoms with Gasteiger partial charge < -0.3 is 14.2 Å². The van der Waals surface area contributed by atoms with Crippen LogP contribution in [0.1, 0.15) is 27.2 Å². The molecule has 1 aromatic carbocycles. The van der Waals surface area contributed by atoms with Gasteiger partial charge in [-0.2, -0.15) is 0 Å². The van der Waals surface area contributed by atoms with Gasteiger partial charge in [0.15, 0.2) is 6.10 Å². The van der Waals surface area contributed by atoms with Crippen molar-refractivity contribution in [3.8, 4) is 27.7 Å². The molecule has 0 radical (unpaired) electrons. The first-order valence-electron chi connectivity index (χ1n) is 11.3. The van der Waals surface area contributed by atoms with Crippen LogP contribution in [0.5, 0.6) is 5.75 Å². The Labute approximate surface area is 202 Å². The van der Waals surface area contributed by atoms with E-state index in [-0.39, 0.29) is 12.5 Å². The van der Waals surface area contributed by atoms with Crippen molar-refractivity contribution >= 4 is 28.9 Å². The largest absolute Gasteiger partial charge is 0.479 e. The fraction of sp³-hybridized carbons (Fsp3) is 0.360. The van der Waals surface area contributed by atoms with E-state index in [0.29, 0.717) is 31.1 Å². The summed E-state index contributed by atoms with van der Waals surface area (Å²) in [7, 11) is 0. The third kappa shape index (κ3) is 4.95. The normalized spacial score (nSPS) is 16.0. The van der Waals surface area contributed by atoms with Gasteiger partial charge in [-0.15, -0.1) is 11.3 Å². The molecule has 0 aliphatic carbocycles. The first-order chi connectivity index (χ1) is 16.5. The van der Waals surface area contributed by atoms with Crippen molar-refractivity contribution in [2.75, 3.05) is 24.7 Å². The van der Waals surface area contributed by atoms with Crippen LogP contribution < -0.4 is 9.64 Å². The summed E-state index contributed by atoms with van der Waals surface area (Å²) in [4.78, 5) is 36.6. The van der Waals surface area contributed by atoms with Crippen LogP contribution in [0.25, 0.3) is 22.0 Å². The second-order valence-corrected chi connectivity index (χ2v) is 8.55. The van der Waals surface area contributed by atoms with Crippen LogP contribution >= 0.6 is 11.3 Å². The molecule has 2 unspecified atom stereocenters. The van der Waals surface area contributed by atoms with Crippen molar-refractivity contribution in [2.45, 2.75) is 39.3 Å². The Hall–Kier alpha value is -3.30. The molecule has 1 aliphatic heterocycles. The van der Waals surface area contributed by atoms with Gasteiger partial charge in [-0.3, -0.25) is 14.7 Å². The Bertz CT molecular complexity index is 1150. The third-order valence-electron chi connectivity index (χ3n) is 5.44. The van der Waals surface area contributed by atoms with Crippen molar-refractivity contribution in [1.29, 1.82) is 0 Å². The molecule has 4 rings (SSSR count). The van der Waals surface area contributed by atoms with Crippen LogP contribution in [-0.4, -0.2) is 53.8 Å². The van der Waals surface area contributed by atoms with E-state index in [1.807, 2.05) is 55.6 Å². The SMILES string of the molecule is CCOCCOC(=O)C(CC)N1C(=O)C(C)Oc2ccc(-c3csc(-c4ccccn4)n3)cc21. The molecule has 8 nitrogen and oxygen atoms in total. The minimum atomic E-state index is -0.769. The smallest absolute Gasteiger partial charge is 0.329 e. The van der Waals surface area contributed by atoms with Gasteiger partial charge in [0, 0.05) is 23.7 Å². The number of carbonyl (C=O) groups excluding carboxylic acids is 2. The highest BCUT2D eigenvalue weighted by molar-refractivity contribution is 7.13. The van der Waals surface area contributed by atoms with E-state index >= 15 is 0 Å². The van der Waals surface area contributed by atoms with Gasteiger partial charge in [-0.25, -0.2) is 9.78 Å². The van der Waals surface area contributed by atoms with E-state index < -0.39 is 18.1 Å². The molecule has 0 saturated carbocycles.